The van der Waals surface area contributed by atoms with E-state index in [2.05, 4.69) is 4.98 Å². The van der Waals surface area contributed by atoms with Crippen LogP contribution in [0.5, 0.6) is 0 Å². The van der Waals surface area contributed by atoms with Crippen LogP contribution in [0.4, 0.5) is 5.69 Å². The van der Waals surface area contributed by atoms with Crippen LogP contribution in [0.15, 0.2) is 18.3 Å². The summed E-state index contributed by atoms with van der Waals surface area (Å²) in [6.45, 7) is 2.42. The van der Waals surface area contributed by atoms with Crippen LogP contribution in [-0.2, 0) is 6.42 Å². The van der Waals surface area contributed by atoms with Crippen LogP contribution in [0.3, 0.4) is 0 Å². The van der Waals surface area contributed by atoms with Gasteiger partial charge in [0.05, 0.1) is 18.0 Å². The molecule has 0 aliphatic heterocycles. The van der Waals surface area contributed by atoms with E-state index in [9.17, 15) is 9.90 Å². The van der Waals surface area contributed by atoms with Crippen molar-refractivity contribution in [2.45, 2.75) is 13.3 Å². The van der Waals surface area contributed by atoms with Gasteiger partial charge in [-0.15, -0.1) is 0 Å². The zero-order valence-electron chi connectivity index (χ0n) is 11.0. The molecule has 0 saturated carbocycles. The molecule has 0 aliphatic rings. The Balaban J connectivity index is 2.57. The molecule has 0 aromatic carbocycles. The lowest BCUT2D eigenvalue weighted by Gasteiger charge is -2.17. The lowest BCUT2D eigenvalue weighted by Crippen LogP contribution is -2.21. The number of likely N-dealkylation sites (N-methyl/N-ethyl adjacent to an activating group) is 1. The van der Waals surface area contributed by atoms with Crippen molar-refractivity contribution >= 4 is 17.3 Å². The molecule has 102 valence electrons. The summed E-state index contributed by atoms with van der Waals surface area (Å²) in [4.78, 5) is 17.5. The van der Waals surface area contributed by atoms with Crippen molar-refractivity contribution in [3.05, 3.63) is 29.7 Å². The largest absolute Gasteiger partial charge is 0.477 e. The number of aryl methyl sites for hydroxylation is 1. The number of rotatable bonds is 5. The maximum atomic E-state index is 11.3. The lowest BCUT2D eigenvalue weighted by molar-refractivity contribution is 0.0688. The fourth-order valence-electron chi connectivity index (χ4n) is 2.06. The van der Waals surface area contributed by atoms with E-state index in [-0.39, 0.29) is 12.3 Å². The number of aromatic carboxylic acids is 1. The minimum absolute atomic E-state index is 0.0461. The van der Waals surface area contributed by atoms with Gasteiger partial charge >= 0.3 is 5.97 Å². The lowest BCUT2D eigenvalue weighted by atomic mass is 10.2. The average Bonchev–Trinajstić information content (AvgIpc) is 2.76. The molecule has 2 heterocycles. The fraction of sp³-hybridized carbons (Fsp3) is 0.385. The summed E-state index contributed by atoms with van der Waals surface area (Å²) in [7, 11) is 1.84. The van der Waals surface area contributed by atoms with Crippen molar-refractivity contribution in [3.63, 3.8) is 0 Å². The van der Waals surface area contributed by atoms with E-state index in [0.29, 0.717) is 24.3 Å². The third-order valence-electron chi connectivity index (χ3n) is 3.09. The number of aromatic nitrogens is 2. The van der Waals surface area contributed by atoms with Gasteiger partial charge in [-0.1, -0.05) is 6.92 Å². The molecule has 2 aromatic heterocycles. The number of imidazole rings is 1. The highest BCUT2D eigenvalue weighted by molar-refractivity contribution is 5.88. The number of carboxylic acid groups (broad SMARTS) is 1. The van der Waals surface area contributed by atoms with Crippen molar-refractivity contribution in [2.24, 2.45) is 0 Å². The minimum Gasteiger partial charge on any atom is -0.477 e. The summed E-state index contributed by atoms with van der Waals surface area (Å²) < 4.78 is 1.59. The van der Waals surface area contributed by atoms with Crippen LogP contribution in [0.25, 0.3) is 5.65 Å². The van der Waals surface area contributed by atoms with Crippen LogP contribution in [-0.4, -0.2) is 45.8 Å². The number of aliphatic hydroxyl groups is 1. The van der Waals surface area contributed by atoms with Gasteiger partial charge in [-0.3, -0.25) is 4.40 Å². The van der Waals surface area contributed by atoms with Gasteiger partial charge in [-0.2, -0.15) is 0 Å². The van der Waals surface area contributed by atoms with Crippen LogP contribution in [0.2, 0.25) is 0 Å². The third-order valence-corrected chi connectivity index (χ3v) is 3.09. The molecule has 2 aromatic rings. The Hall–Kier alpha value is -2.08. The molecule has 0 saturated heterocycles. The smallest absolute Gasteiger partial charge is 0.354 e. The molecule has 0 atom stereocenters. The molecule has 0 fully saturated rings. The number of aliphatic hydroxyl groups excluding tert-OH is 1. The monoisotopic (exact) mass is 263 g/mol. The first-order valence-corrected chi connectivity index (χ1v) is 6.14. The second-order valence-electron chi connectivity index (χ2n) is 4.33. The van der Waals surface area contributed by atoms with Crippen molar-refractivity contribution in [3.8, 4) is 0 Å². The summed E-state index contributed by atoms with van der Waals surface area (Å²) in [5.41, 5.74) is 2.24. The van der Waals surface area contributed by atoms with Gasteiger partial charge in [0, 0.05) is 19.8 Å². The van der Waals surface area contributed by atoms with Crippen molar-refractivity contribution < 1.29 is 15.0 Å². The molecule has 0 aliphatic carbocycles. The molecule has 0 spiro atoms. The number of pyridine rings is 1. The van der Waals surface area contributed by atoms with Crippen LogP contribution < -0.4 is 4.90 Å². The second kappa shape index (κ2) is 5.27. The van der Waals surface area contributed by atoms with Gasteiger partial charge in [-0.05, 0) is 18.6 Å². The Kier molecular flexibility index (Phi) is 3.71. The van der Waals surface area contributed by atoms with Gasteiger partial charge in [0.15, 0.2) is 5.69 Å². The quantitative estimate of drug-likeness (QED) is 0.842. The normalized spacial score (nSPS) is 10.9. The molecular weight excluding hydrogens is 246 g/mol. The van der Waals surface area contributed by atoms with E-state index in [1.165, 1.54) is 0 Å². The van der Waals surface area contributed by atoms with E-state index < -0.39 is 5.97 Å². The number of anilines is 1. The molecule has 6 heteroatoms. The van der Waals surface area contributed by atoms with Crippen molar-refractivity contribution in [1.82, 2.24) is 9.38 Å². The maximum absolute atomic E-state index is 11.3. The van der Waals surface area contributed by atoms with Crippen LogP contribution >= 0.6 is 0 Å². The topological polar surface area (TPSA) is 78.1 Å². The Bertz CT molecular complexity index is 606. The molecule has 0 bridgehead atoms. The highest BCUT2D eigenvalue weighted by atomic mass is 16.4. The number of hydrogen-bond donors (Lipinski definition) is 2. The predicted octanol–water partition coefficient (Wildman–Crippen LogP) is 1.02. The molecular formula is C13H17N3O3. The number of carboxylic acids is 1. The maximum Gasteiger partial charge on any atom is 0.354 e. The third kappa shape index (κ3) is 2.39. The Morgan fingerprint density at radius 3 is 2.79 bits per heavy atom. The predicted molar refractivity (Wildman–Crippen MR) is 71.9 cm³/mol. The average molecular weight is 263 g/mol. The zero-order valence-corrected chi connectivity index (χ0v) is 11.0. The molecule has 6 nitrogen and oxygen atoms in total. The standard InChI is InChI=1S/C13H17N3O3/c1-3-10-12(13(18)19)16-8-9(15(2)6-7-17)4-5-11(16)14-10/h4-5,8,17H,3,6-7H2,1-2H3,(H,18,19). The first kappa shape index (κ1) is 13.4. The Morgan fingerprint density at radius 1 is 1.47 bits per heavy atom. The number of hydrogen-bond acceptors (Lipinski definition) is 4. The number of fused-ring (bicyclic) bond motifs is 1. The minimum atomic E-state index is -0.980. The van der Waals surface area contributed by atoms with Crippen LogP contribution in [0, 0.1) is 0 Å². The van der Waals surface area contributed by atoms with Gasteiger partial charge in [-0.25, -0.2) is 9.78 Å². The van der Waals surface area contributed by atoms with Gasteiger partial charge in [0.1, 0.15) is 5.65 Å². The van der Waals surface area contributed by atoms with Gasteiger partial charge in [0.25, 0.3) is 0 Å². The number of nitrogens with zero attached hydrogens (tertiary/aromatic N) is 3. The summed E-state index contributed by atoms with van der Waals surface area (Å²) in [5, 5.41) is 18.2. The SMILES string of the molecule is CCc1nc2ccc(N(C)CCO)cn2c1C(=O)O. The molecule has 2 rings (SSSR count). The highest BCUT2D eigenvalue weighted by Crippen LogP contribution is 2.19. The van der Waals surface area contributed by atoms with Crippen molar-refractivity contribution in [2.75, 3.05) is 25.1 Å². The summed E-state index contributed by atoms with van der Waals surface area (Å²) in [5.74, 6) is -0.980. The fourth-order valence-corrected chi connectivity index (χ4v) is 2.06. The molecule has 2 N–H and O–H groups in total. The Morgan fingerprint density at radius 2 is 2.21 bits per heavy atom. The molecule has 0 radical (unpaired) electrons. The van der Waals surface area contributed by atoms with Crippen LogP contribution in [0.1, 0.15) is 23.1 Å². The second-order valence-corrected chi connectivity index (χ2v) is 4.33. The van der Waals surface area contributed by atoms with Gasteiger partial charge < -0.3 is 15.1 Å². The summed E-state index contributed by atoms with van der Waals surface area (Å²) in [6.07, 6.45) is 2.31. The molecule has 0 amide bonds. The zero-order chi connectivity index (χ0) is 14.0. The summed E-state index contributed by atoms with van der Waals surface area (Å²) in [6, 6.07) is 3.65. The first-order valence-electron chi connectivity index (χ1n) is 6.14. The van der Waals surface area contributed by atoms with E-state index in [1.54, 1.807) is 16.7 Å². The molecule has 0 unspecified atom stereocenters. The van der Waals surface area contributed by atoms with Gasteiger partial charge in [0.2, 0.25) is 0 Å². The number of carbonyl (C=O) groups is 1. The van der Waals surface area contributed by atoms with E-state index in [1.807, 2.05) is 24.9 Å². The van der Waals surface area contributed by atoms with E-state index in [4.69, 9.17) is 5.11 Å². The van der Waals surface area contributed by atoms with E-state index in [0.717, 1.165) is 5.69 Å². The first-order chi connectivity index (χ1) is 9.08. The molecule has 19 heavy (non-hydrogen) atoms. The highest BCUT2D eigenvalue weighted by Gasteiger charge is 2.17. The Labute approximate surface area is 110 Å². The summed E-state index contributed by atoms with van der Waals surface area (Å²) >= 11 is 0. The van der Waals surface area contributed by atoms with E-state index >= 15 is 0 Å². The van der Waals surface area contributed by atoms with Crippen molar-refractivity contribution in [1.29, 1.82) is 0 Å².